The van der Waals surface area contributed by atoms with Crippen molar-refractivity contribution in [1.82, 2.24) is 9.88 Å². The highest BCUT2D eigenvalue weighted by Gasteiger charge is 2.34. The van der Waals surface area contributed by atoms with E-state index in [9.17, 15) is 0 Å². The molecule has 0 amide bonds. The van der Waals surface area contributed by atoms with Crippen molar-refractivity contribution >= 4 is 0 Å². The molecule has 0 saturated carbocycles. The van der Waals surface area contributed by atoms with Crippen molar-refractivity contribution in [3.63, 3.8) is 0 Å². The number of hydrogen-bond acceptors (Lipinski definition) is 3. The normalized spacial score (nSPS) is 26.6. The van der Waals surface area contributed by atoms with E-state index in [1.807, 2.05) is 13.1 Å². The van der Waals surface area contributed by atoms with Crippen molar-refractivity contribution in [2.45, 2.75) is 45.3 Å². The van der Waals surface area contributed by atoms with E-state index in [1.165, 1.54) is 5.56 Å². The number of pyridine rings is 1. The monoisotopic (exact) mass is 219 g/mol. The predicted molar refractivity (Wildman–Crippen MR) is 66.1 cm³/mol. The number of aromatic nitrogens is 1. The number of rotatable bonds is 2. The SMILES string of the molecule is Cc1ccc(C2C(N)CCN2C(C)C)cn1. The predicted octanol–water partition coefficient (Wildman–Crippen LogP) is 1.87. The third kappa shape index (κ3) is 2.11. The molecule has 0 radical (unpaired) electrons. The third-order valence-electron chi connectivity index (χ3n) is 3.42. The van der Waals surface area contributed by atoms with Crippen LogP contribution in [-0.4, -0.2) is 28.5 Å². The fourth-order valence-electron chi connectivity index (χ4n) is 2.51. The highest BCUT2D eigenvalue weighted by Crippen LogP contribution is 2.32. The van der Waals surface area contributed by atoms with Gasteiger partial charge in [-0.05, 0) is 38.8 Å². The van der Waals surface area contributed by atoms with Crippen LogP contribution in [0, 0.1) is 6.92 Å². The zero-order valence-corrected chi connectivity index (χ0v) is 10.4. The Kier molecular flexibility index (Phi) is 3.26. The minimum atomic E-state index is 0.243. The highest BCUT2D eigenvalue weighted by molar-refractivity contribution is 5.20. The smallest absolute Gasteiger partial charge is 0.0517 e. The Hall–Kier alpha value is -0.930. The molecule has 16 heavy (non-hydrogen) atoms. The Morgan fingerprint density at radius 1 is 1.44 bits per heavy atom. The molecule has 2 rings (SSSR count). The summed E-state index contributed by atoms with van der Waals surface area (Å²) in [6.07, 6.45) is 3.05. The Bertz CT molecular complexity index is 345. The average molecular weight is 219 g/mol. The van der Waals surface area contributed by atoms with Crippen LogP contribution in [-0.2, 0) is 0 Å². The molecule has 3 nitrogen and oxygen atoms in total. The van der Waals surface area contributed by atoms with E-state index in [-0.39, 0.29) is 6.04 Å². The maximum absolute atomic E-state index is 6.21. The quantitative estimate of drug-likeness (QED) is 0.825. The molecule has 2 unspecified atom stereocenters. The molecule has 0 aliphatic carbocycles. The summed E-state index contributed by atoms with van der Waals surface area (Å²) >= 11 is 0. The van der Waals surface area contributed by atoms with E-state index in [4.69, 9.17) is 5.73 Å². The van der Waals surface area contributed by atoms with Crippen molar-refractivity contribution in [3.8, 4) is 0 Å². The van der Waals surface area contributed by atoms with Crippen LogP contribution >= 0.6 is 0 Å². The number of aryl methyl sites for hydroxylation is 1. The number of nitrogens with two attached hydrogens (primary N) is 1. The van der Waals surface area contributed by atoms with E-state index >= 15 is 0 Å². The van der Waals surface area contributed by atoms with Gasteiger partial charge in [0.1, 0.15) is 0 Å². The average Bonchev–Trinajstić information content (AvgIpc) is 2.62. The minimum absolute atomic E-state index is 0.243. The molecule has 1 aliphatic rings. The molecule has 1 fully saturated rings. The first kappa shape index (κ1) is 11.6. The second-order valence-corrected chi connectivity index (χ2v) is 4.96. The summed E-state index contributed by atoms with van der Waals surface area (Å²) in [5, 5.41) is 0. The van der Waals surface area contributed by atoms with Crippen LogP contribution in [0.1, 0.15) is 37.6 Å². The van der Waals surface area contributed by atoms with Gasteiger partial charge in [-0.25, -0.2) is 0 Å². The van der Waals surface area contributed by atoms with E-state index in [0.29, 0.717) is 12.1 Å². The summed E-state index contributed by atoms with van der Waals surface area (Å²) in [5.41, 5.74) is 8.52. The molecule has 0 aromatic carbocycles. The largest absolute Gasteiger partial charge is 0.326 e. The first-order chi connectivity index (χ1) is 7.59. The molecular weight excluding hydrogens is 198 g/mol. The molecule has 3 heteroatoms. The lowest BCUT2D eigenvalue weighted by molar-refractivity contribution is 0.198. The van der Waals surface area contributed by atoms with Crippen molar-refractivity contribution in [1.29, 1.82) is 0 Å². The van der Waals surface area contributed by atoms with Crippen LogP contribution in [0.5, 0.6) is 0 Å². The van der Waals surface area contributed by atoms with Crippen molar-refractivity contribution in [2.24, 2.45) is 5.73 Å². The van der Waals surface area contributed by atoms with Crippen molar-refractivity contribution in [3.05, 3.63) is 29.6 Å². The Balaban J connectivity index is 2.26. The first-order valence-corrected chi connectivity index (χ1v) is 6.03. The van der Waals surface area contributed by atoms with E-state index < -0.39 is 0 Å². The van der Waals surface area contributed by atoms with Crippen molar-refractivity contribution in [2.75, 3.05) is 6.54 Å². The maximum atomic E-state index is 6.21. The summed E-state index contributed by atoms with van der Waals surface area (Å²) < 4.78 is 0. The van der Waals surface area contributed by atoms with Crippen LogP contribution < -0.4 is 5.73 Å². The summed E-state index contributed by atoms with van der Waals surface area (Å²) in [6.45, 7) is 7.56. The minimum Gasteiger partial charge on any atom is -0.326 e. The fourth-order valence-corrected chi connectivity index (χ4v) is 2.51. The number of nitrogens with zero attached hydrogens (tertiary/aromatic N) is 2. The lowest BCUT2D eigenvalue weighted by Crippen LogP contribution is -2.35. The molecule has 88 valence electrons. The van der Waals surface area contributed by atoms with E-state index in [0.717, 1.165) is 18.7 Å². The van der Waals surface area contributed by atoms with Gasteiger partial charge in [-0.1, -0.05) is 6.07 Å². The van der Waals surface area contributed by atoms with Crippen molar-refractivity contribution < 1.29 is 0 Å². The van der Waals surface area contributed by atoms with Crippen LogP contribution in [0.4, 0.5) is 0 Å². The van der Waals surface area contributed by atoms with Gasteiger partial charge in [-0.2, -0.15) is 0 Å². The highest BCUT2D eigenvalue weighted by atomic mass is 15.2. The second-order valence-electron chi connectivity index (χ2n) is 4.96. The van der Waals surface area contributed by atoms with Crippen LogP contribution in [0.2, 0.25) is 0 Å². The van der Waals surface area contributed by atoms with Gasteiger partial charge in [0.15, 0.2) is 0 Å². The Labute approximate surface area is 97.7 Å². The topological polar surface area (TPSA) is 42.1 Å². The summed E-state index contributed by atoms with van der Waals surface area (Å²) in [5.74, 6) is 0. The zero-order valence-electron chi connectivity index (χ0n) is 10.4. The van der Waals surface area contributed by atoms with E-state index in [2.05, 4.69) is 35.9 Å². The van der Waals surface area contributed by atoms with Gasteiger partial charge in [0.2, 0.25) is 0 Å². The van der Waals surface area contributed by atoms with Gasteiger partial charge in [0, 0.05) is 30.5 Å². The molecule has 1 aromatic rings. The summed E-state index contributed by atoms with van der Waals surface area (Å²) in [6, 6.07) is 5.35. The van der Waals surface area contributed by atoms with Gasteiger partial charge in [-0.3, -0.25) is 9.88 Å². The van der Waals surface area contributed by atoms with Crippen LogP contribution in [0.15, 0.2) is 18.3 Å². The summed E-state index contributed by atoms with van der Waals surface area (Å²) in [7, 11) is 0. The first-order valence-electron chi connectivity index (χ1n) is 6.03. The third-order valence-corrected chi connectivity index (χ3v) is 3.42. The molecule has 0 bridgehead atoms. The van der Waals surface area contributed by atoms with Gasteiger partial charge in [0.25, 0.3) is 0 Å². The van der Waals surface area contributed by atoms with E-state index in [1.54, 1.807) is 0 Å². The summed E-state index contributed by atoms with van der Waals surface area (Å²) in [4.78, 5) is 6.84. The van der Waals surface area contributed by atoms with Crippen LogP contribution in [0.3, 0.4) is 0 Å². The fraction of sp³-hybridized carbons (Fsp3) is 0.615. The lowest BCUT2D eigenvalue weighted by Gasteiger charge is -2.30. The van der Waals surface area contributed by atoms with Gasteiger partial charge in [-0.15, -0.1) is 0 Å². The number of likely N-dealkylation sites (tertiary alicyclic amines) is 1. The Morgan fingerprint density at radius 3 is 2.75 bits per heavy atom. The van der Waals surface area contributed by atoms with Gasteiger partial charge in [0.05, 0.1) is 6.04 Å². The molecule has 0 spiro atoms. The number of hydrogen-bond donors (Lipinski definition) is 1. The maximum Gasteiger partial charge on any atom is 0.0517 e. The molecule has 2 N–H and O–H groups in total. The standard InChI is InChI=1S/C13H21N3/c1-9(2)16-7-6-12(14)13(16)11-5-4-10(3)15-8-11/h4-5,8-9,12-13H,6-7,14H2,1-3H3. The van der Waals surface area contributed by atoms with Gasteiger partial charge < -0.3 is 5.73 Å². The molecule has 1 saturated heterocycles. The second kappa shape index (κ2) is 4.52. The molecule has 1 aromatic heterocycles. The molecule has 2 atom stereocenters. The zero-order chi connectivity index (χ0) is 11.7. The lowest BCUT2D eigenvalue weighted by atomic mass is 10.0. The molecular formula is C13H21N3. The van der Waals surface area contributed by atoms with Gasteiger partial charge >= 0.3 is 0 Å². The van der Waals surface area contributed by atoms with Crippen LogP contribution in [0.25, 0.3) is 0 Å². The molecule has 2 heterocycles. The molecule has 1 aliphatic heterocycles. The Morgan fingerprint density at radius 2 is 2.19 bits per heavy atom.